The molecule has 4 rings (SSSR count). The molecule has 0 radical (unpaired) electrons. The molecule has 1 amide bonds. The molecular formula is C23H27N7O. The molecule has 8 nitrogen and oxygen atoms in total. The summed E-state index contributed by atoms with van der Waals surface area (Å²) in [6.07, 6.45) is 0. The number of nitrogens with two attached hydrogens (primary N) is 1. The first-order valence-corrected chi connectivity index (χ1v) is 10.3. The van der Waals surface area contributed by atoms with E-state index in [9.17, 15) is 4.79 Å². The molecule has 0 saturated carbocycles. The van der Waals surface area contributed by atoms with Crippen molar-refractivity contribution in [2.45, 2.75) is 6.92 Å². The van der Waals surface area contributed by atoms with Gasteiger partial charge in [0.2, 0.25) is 11.9 Å². The third-order valence-corrected chi connectivity index (χ3v) is 5.25. The van der Waals surface area contributed by atoms with Crippen molar-refractivity contribution in [3.05, 3.63) is 54.6 Å². The van der Waals surface area contributed by atoms with Crippen molar-refractivity contribution < 1.29 is 4.79 Å². The van der Waals surface area contributed by atoms with Crippen LogP contribution in [0.2, 0.25) is 0 Å². The predicted molar refractivity (Wildman–Crippen MR) is 126 cm³/mol. The summed E-state index contributed by atoms with van der Waals surface area (Å²) in [7, 11) is 2.16. The van der Waals surface area contributed by atoms with Crippen LogP contribution in [0.4, 0.5) is 28.8 Å². The van der Waals surface area contributed by atoms with Gasteiger partial charge in [-0.25, -0.2) is 4.98 Å². The van der Waals surface area contributed by atoms with Crippen LogP contribution in [-0.2, 0) is 4.79 Å². The standard InChI is InChI=1S/C23H27N7O/c1-16(31)25-18-5-7-19(8-6-18)26-22-15-21(27-23(24)28-22)17-3-9-20(10-4-17)30-13-11-29(2)12-14-30/h3-10,15H,11-14H2,1-2H3,(H,25,31)(H3,24,26,27,28). The molecule has 2 heterocycles. The number of benzene rings is 2. The average Bonchev–Trinajstić information content (AvgIpc) is 2.75. The average molecular weight is 418 g/mol. The fraction of sp³-hybridized carbons (Fsp3) is 0.261. The van der Waals surface area contributed by atoms with E-state index in [2.05, 4.69) is 61.7 Å². The van der Waals surface area contributed by atoms with Crippen molar-refractivity contribution in [3.63, 3.8) is 0 Å². The second kappa shape index (κ2) is 9.01. The van der Waals surface area contributed by atoms with Gasteiger partial charge in [0.05, 0.1) is 5.69 Å². The first-order valence-electron chi connectivity index (χ1n) is 10.3. The van der Waals surface area contributed by atoms with Crippen molar-refractivity contribution >= 4 is 34.7 Å². The number of nitrogens with zero attached hydrogens (tertiary/aromatic N) is 4. The van der Waals surface area contributed by atoms with Gasteiger partial charge in [-0.2, -0.15) is 4.98 Å². The highest BCUT2D eigenvalue weighted by Crippen LogP contribution is 2.26. The Morgan fingerprint density at radius 1 is 0.935 bits per heavy atom. The van der Waals surface area contributed by atoms with Crippen LogP contribution in [0.15, 0.2) is 54.6 Å². The maximum atomic E-state index is 11.2. The van der Waals surface area contributed by atoms with E-state index < -0.39 is 0 Å². The molecule has 1 fully saturated rings. The lowest BCUT2D eigenvalue weighted by molar-refractivity contribution is -0.114. The third-order valence-electron chi connectivity index (χ3n) is 5.25. The summed E-state index contributed by atoms with van der Waals surface area (Å²) in [5, 5.41) is 5.99. The second-order valence-corrected chi connectivity index (χ2v) is 7.72. The van der Waals surface area contributed by atoms with Crippen molar-refractivity contribution in [1.82, 2.24) is 14.9 Å². The van der Waals surface area contributed by atoms with Gasteiger partial charge >= 0.3 is 0 Å². The van der Waals surface area contributed by atoms with E-state index >= 15 is 0 Å². The Kier molecular flexibility index (Phi) is 5.99. The molecule has 31 heavy (non-hydrogen) atoms. The van der Waals surface area contributed by atoms with Gasteiger partial charge in [-0.3, -0.25) is 4.79 Å². The molecule has 0 unspecified atom stereocenters. The molecule has 3 aromatic rings. The summed E-state index contributed by atoms with van der Waals surface area (Å²) in [6, 6.07) is 17.7. The van der Waals surface area contributed by atoms with Gasteiger partial charge in [-0.05, 0) is 43.4 Å². The van der Waals surface area contributed by atoms with Crippen LogP contribution in [0.25, 0.3) is 11.3 Å². The zero-order valence-electron chi connectivity index (χ0n) is 17.8. The highest BCUT2D eigenvalue weighted by atomic mass is 16.1. The molecule has 0 spiro atoms. The molecule has 1 aromatic heterocycles. The molecule has 2 aromatic carbocycles. The normalized spacial score (nSPS) is 14.3. The number of anilines is 5. The fourth-order valence-corrected chi connectivity index (χ4v) is 3.57. The van der Waals surface area contributed by atoms with E-state index in [0.717, 1.165) is 48.8 Å². The van der Waals surface area contributed by atoms with E-state index in [4.69, 9.17) is 5.73 Å². The van der Waals surface area contributed by atoms with Gasteiger partial charge in [-0.15, -0.1) is 0 Å². The Labute approximate surface area is 182 Å². The summed E-state index contributed by atoms with van der Waals surface area (Å²) in [5.41, 5.74) is 10.5. The topological polar surface area (TPSA) is 99.4 Å². The summed E-state index contributed by atoms with van der Waals surface area (Å²) < 4.78 is 0. The number of likely N-dealkylation sites (N-methyl/N-ethyl adjacent to an activating group) is 1. The van der Waals surface area contributed by atoms with Crippen LogP contribution in [0.1, 0.15) is 6.92 Å². The van der Waals surface area contributed by atoms with E-state index in [1.54, 1.807) is 0 Å². The van der Waals surface area contributed by atoms with Gasteiger partial charge in [-0.1, -0.05) is 12.1 Å². The number of nitrogens with one attached hydrogen (secondary N) is 2. The van der Waals surface area contributed by atoms with Crippen LogP contribution in [-0.4, -0.2) is 54.0 Å². The van der Waals surface area contributed by atoms with Gasteiger partial charge < -0.3 is 26.2 Å². The molecule has 1 aliphatic rings. The predicted octanol–water partition coefficient (Wildman–Crippen LogP) is 3.18. The van der Waals surface area contributed by atoms with Gasteiger partial charge in [0.1, 0.15) is 5.82 Å². The molecular weight excluding hydrogens is 390 g/mol. The lowest BCUT2D eigenvalue weighted by Crippen LogP contribution is -2.44. The Morgan fingerprint density at radius 3 is 2.23 bits per heavy atom. The summed E-state index contributed by atoms with van der Waals surface area (Å²) in [5.74, 6) is 0.712. The van der Waals surface area contributed by atoms with Crippen molar-refractivity contribution in [2.75, 3.05) is 54.5 Å². The lowest BCUT2D eigenvalue weighted by Gasteiger charge is -2.34. The quantitative estimate of drug-likeness (QED) is 0.586. The highest BCUT2D eigenvalue weighted by Gasteiger charge is 2.14. The summed E-state index contributed by atoms with van der Waals surface area (Å²) in [6.45, 7) is 5.70. The number of carbonyl (C=O) groups excluding carboxylic acids is 1. The number of rotatable bonds is 5. The van der Waals surface area contributed by atoms with Gasteiger partial charge in [0.15, 0.2) is 0 Å². The van der Waals surface area contributed by atoms with Crippen LogP contribution in [0, 0.1) is 0 Å². The van der Waals surface area contributed by atoms with Crippen molar-refractivity contribution in [2.24, 2.45) is 0 Å². The Morgan fingerprint density at radius 2 is 1.58 bits per heavy atom. The van der Waals surface area contributed by atoms with Gasteiger partial charge in [0.25, 0.3) is 0 Å². The van der Waals surface area contributed by atoms with E-state index in [-0.39, 0.29) is 11.9 Å². The maximum absolute atomic E-state index is 11.2. The minimum Gasteiger partial charge on any atom is -0.369 e. The van der Waals surface area contributed by atoms with E-state index in [1.165, 1.54) is 12.6 Å². The molecule has 0 aliphatic carbocycles. The Bertz CT molecular complexity index is 1040. The highest BCUT2D eigenvalue weighted by molar-refractivity contribution is 5.88. The number of aromatic nitrogens is 2. The van der Waals surface area contributed by atoms with Crippen molar-refractivity contribution in [1.29, 1.82) is 0 Å². The van der Waals surface area contributed by atoms with E-state index in [1.807, 2.05) is 30.3 Å². The molecule has 1 saturated heterocycles. The molecule has 4 N–H and O–H groups in total. The number of amides is 1. The smallest absolute Gasteiger partial charge is 0.222 e. The molecule has 1 aliphatic heterocycles. The third kappa shape index (κ3) is 5.29. The van der Waals surface area contributed by atoms with Crippen LogP contribution in [0.3, 0.4) is 0 Å². The lowest BCUT2D eigenvalue weighted by atomic mass is 10.1. The van der Waals surface area contributed by atoms with Crippen molar-refractivity contribution in [3.8, 4) is 11.3 Å². The fourth-order valence-electron chi connectivity index (χ4n) is 3.57. The minimum absolute atomic E-state index is 0.104. The Balaban J connectivity index is 1.49. The summed E-state index contributed by atoms with van der Waals surface area (Å²) in [4.78, 5) is 24.6. The largest absolute Gasteiger partial charge is 0.369 e. The van der Waals surface area contributed by atoms with Crippen LogP contribution in [0.5, 0.6) is 0 Å². The number of hydrogen-bond acceptors (Lipinski definition) is 7. The van der Waals surface area contributed by atoms with Crippen LogP contribution >= 0.6 is 0 Å². The zero-order chi connectivity index (χ0) is 21.8. The maximum Gasteiger partial charge on any atom is 0.222 e. The number of hydrogen-bond donors (Lipinski definition) is 3. The van der Waals surface area contributed by atoms with E-state index in [0.29, 0.717) is 5.82 Å². The first-order chi connectivity index (χ1) is 15.0. The Hall–Kier alpha value is -3.65. The number of piperazine rings is 1. The van der Waals surface area contributed by atoms with Crippen LogP contribution < -0.4 is 21.3 Å². The number of carbonyl (C=O) groups is 1. The first kappa shape index (κ1) is 20.6. The molecule has 0 atom stereocenters. The number of nitrogen functional groups attached to an aromatic ring is 1. The monoisotopic (exact) mass is 417 g/mol. The van der Waals surface area contributed by atoms with Gasteiger partial charge in [0, 0.05) is 61.8 Å². The molecule has 8 heteroatoms. The SMILES string of the molecule is CC(=O)Nc1ccc(Nc2cc(-c3ccc(N4CCN(C)CC4)cc3)nc(N)n2)cc1. The minimum atomic E-state index is -0.104. The molecule has 160 valence electrons. The molecule has 0 bridgehead atoms. The second-order valence-electron chi connectivity index (χ2n) is 7.72. The zero-order valence-corrected chi connectivity index (χ0v) is 17.8. The summed E-state index contributed by atoms with van der Waals surface area (Å²) >= 11 is 0.